The minimum Gasteiger partial charge on any atom is -0.394 e. The van der Waals surface area contributed by atoms with Crippen LogP contribution in [0, 0.1) is 0 Å². The molecule has 0 amide bonds. The fourth-order valence-electron chi connectivity index (χ4n) is 4.22. The van der Waals surface area contributed by atoms with E-state index < -0.39 is 0 Å². The molecular formula is C36H47N4O2S2+. The van der Waals surface area contributed by atoms with Gasteiger partial charge in [0.05, 0.1) is 13.2 Å². The monoisotopic (exact) mass is 631 g/mol. The lowest BCUT2D eigenvalue weighted by molar-refractivity contribution is -0.698. The summed E-state index contributed by atoms with van der Waals surface area (Å²) in [4.78, 5) is 8.76. The summed E-state index contributed by atoms with van der Waals surface area (Å²) in [6.45, 7) is 5.42. The van der Waals surface area contributed by atoms with Crippen LogP contribution in [-0.4, -0.2) is 74.9 Å². The first-order valence-electron chi connectivity index (χ1n) is 15.1. The molecule has 234 valence electrons. The van der Waals surface area contributed by atoms with Crippen LogP contribution in [0.2, 0.25) is 0 Å². The molecule has 1 aromatic heterocycles. The molecule has 8 heteroatoms. The lowest BCUT2D eigenvalue weighted by atomic mass is 10.1. The van der Waals surface area contributed by atoms with E-state index in [0.717, 1.165) is 36.6 Å². The Morgan fingerprint density at radius 2 is 1.27 bits per heavy atom. The Balaban J connectivity index is 1.33. The lowest BCUT2D eigenvalue weighted by Gasteiger charge is -2.20. The van der Waals surface area contributed by atoms with E-state index in [0.29, 0.717) is 13.1 Å². The van der Waals surface area contributed by atoms with Gasteiger partial charge in [0.2, 0.25) is 0 Å². The predicted molar refractivity (Wildman–Crippen MR) is 195 cm³/mol. The summed E-state index contributed by atoms with van der Waals surface area (Å²) in [6.07, 6.45) is 17.2. The third-order valence-corrected chi connectivity index (χ3v) is 9.40. The maximum absolute atomic E-state index is 9.04. The molecule has 3 aromatic rings. The molecule has 0 bridgehead atoms. The second-order valence-electron chi connectivity index (χ2n) is 10.3. The number of benzene rings is 2. The van der Waals surface area contributed by atoms with Gasteiger partial charge in [-0.15, -0.1) is 0 Å². The van der Waals surface area contributed by atoms with E-state index in [1.807, 2.05) is 44.6 Å². The van der Waals surface area contributed by atoms with Crippen LogP contribution in [0.4, 0.5) is 11.4 Å². The van der Waals surface area contributed by atoms with Crippen molar-refractivity contribution in [1.29, 1.82) is 0 Å². The molecule has 0 aliphatic carbocycles. The Morgan fingerprint density at radius 1 is 0.750 bits per heavy atom. The average molecular weight is 632 g/mol. The number of allylic oxidation sites excluding steroid dienone is 3. The molecule has 0 saturated heterocycles. The molecular weight excluding hydrogens is 585 g/mol. The zero-order valence-corrected chi connectivity index (χ0v) is 27.9. The topological polar surface area (TPSA) is 63.2 Å². The number of aliphatic hydroxyl groups is 2. The summed E-state index contributed by atoms with van der Waals surface area (Å²) in [5, 5.41) is 17.9. The SMILES string of the molecule is CCC(/C=C/c1ccc(N(C)CCSSCCN(C)c2ccc(C=Cc3cc[n+](CCO)cc3)cc2)cc1)=C\C=NCCO. The van der Waals surface area contributed by atoms with E-state index in [4.69, 9.17) is 10.2 Å². The highest BCUT2D eigenvalue weighted by molar-refractivity contribution is 8.76. The Kier molecular flexibility index (Phi) is 16.5. The summed E-state index contributed by atoms with van der Waals surface area (Å²) in [7, 11) is 8.17. The fourth-order valence-corrected chi connectivity index (χ4v) is 6.30. The van der Waals surface area contributed by atoms with E-state index in [-0.39, 0.29) is 13.2 Å². The van der Waals surface area contributed by atoms with Gasteiger partial charge in [0, 0.05) is 68.4 Å². The van der Waals surface area contributed by atoms with Crippen molar-refractivity contribution in [3.63, 3.8) is 0 Å². The van der Waals surface area contributed by atoms with Crippen LogP contribution < -0.4 is 14.4 Å². The largest absolute Gasteiger partial charge is 0.394 e. The van der Waals surface area contributed by atoms with Crippen molar-refractivity contribution in [3.05, 3.63) is 107 Å². The van der Waals surface area contributed by atoms with Crippen LogP contribution in [0.1, 0.15) is 30.0 Å². The highest BCUT2D eigenvalue weighted by Crippen LogP contribution is 2.24. The van der Waals surface area contributed by atoms with E-state index >= 15 is 0 Å². The zero-order chi connectivity index (χ0) is 31.4. The summed E-state index contributed by atoms with van der Waals surface area (Å²) >= 11 is 0. The molecule has 2 N–H and O–H groups in total. The van der Waals surface area contributed by atoms with Gasteiger partial charge in [0.25, 0.3) is 0 Å². The maximum atomic E-state index is 9.04. The van der Waals surface area contributed by atoms with Crippen molar-refractivity contribution in [3.8, 4) is 0 Å². The number of aliphatic hydroxyl groups excluding tert-OH is 2. The molecule has 0 atom stereocenters. The van der Waals surface area contributed by atoms with Gasteiger partial charge in [-0.05, 0) is 59.0 Å². The number of hydrogen-bond acceptors (Lipinski definition) is 7. The normalized spacial score (nSPS) is 12.2. The summed E-state index contributed by atoms with van der Waals surface area (Å²) in [6, 6.07) is 21.5. The number of anilines is 2. The first kappa shape index (κ1) is 35.2. The maximum Gasteiger partial charge on any atom is 0.171 e. The predicted octanol–water partition coefficient (Wildman–Crippen LogP) is 6.50. The van der Waals surface area contributed by atoms with Crippen molar-refractivity contribution < 1.29 is 14.8 Å². The van der Waals surface area contributed by atoms with Gasteiger partial charge >= 0.3 is 0 Å². The number of hydrogen-bond donors (Lipinski definition) is 2. The smallest absolute Gasteiger partial charge is 0.171 e. The molecule has 0 fully saturated rings. The fraction of sp³-hybridized carbons (Fsp3) is 0.333. The van der Waals surface area contributed by atoms with Crippen molar-refractivity contribution >= 4 is 57.4 Å². The number of nitrogens with zero attached hydrogens (tertiary/aromatic N) is 4. The van der Waals surface area contributed by atoms with Crippen LogP contribution >= 0.6 is 21.6 Å². The molecule has 0 saturated carbocycles. The molecule has 1 heterocycles. The standard InChI is InChI=1S/C36H47N4O2S2/c1-4-31(17-20-37-21-27-41)5-6-32-9-13-35(14-10-32)38(2)25-29-43-44-30-26-39(3)36-15-11-33(12-16-36)7-8-34-18-22-40(23-19-34)24-28-42/h5-20,22-23,41-42H,4,21,24-30H2,1-3H3/q+1/b6-5+,31-17+,37-20?. The first-order chi connectivity index (χ1) is 21.5. The number of pyridine rings is 1. The van der Waals surface area contributed by atoms with Crippen molar-refractivity contribution in [1.82, 2.24) is 0 Å². The molecule has 0 spiro atoms. The molecule has 6 nitrogen and oxygen atoms in total. The van der Waals surface area contributed by atoms with Gasteiger partial charge in [-0.2, -0.15) is 0 Å². The van der Waals surface area contributed by atoms with Crippen LogP contribution in [0.3, 0.4) is 0 Å². The number of rotatable bonds is 19. The van der Waals surface area contributed by atoms with Gasteiger partial charge in [0.15, 0.2) is 18.9 Å². The van der Waals surface area contributed by atoms with Gasteiger partial charge in [-0.25, -0.2) is 4.57 Å². The number of aromatic nitrogens is 1. The molecule has 2 aromatic carbocycles. The minimum atomic E-state index is 0.0813. The molecule has 0 unspecified atom stereocenters. The Bertz CT molecular complexity index is 1340. The number of aliphatic imine (C=N–C) groups is 1. The second-order valence-corrected chi connectivity index (χ2v) is 13.0. The van der Waals surface area contributed by atoms with Gasteiger partial charge in [-0.3, -0.25) is 4.99 Å². The summed E-state index contributed by atoms with van der Waals surface area (Å²) in [5.41, 5.74) is 7.14. The zero-order valence-electron chi connectivity index (χ0n) is 26.3. The first-order valence-corrected chi connectivity index (χ1v) is 17.6. The van der Waals surface area contributed by atoms with E-state index in [1.165, 1.54) is 28.1 Å². The highest BCUT2D eigenvalue weighted by Gasteiger charge is 2.04. The molecule has 3 rings (SSSR count). The second kappa shape index (κ2) is 20.6. The third-order valence-electron chi connectivity index (χ3n) is 7.04. The van der Waals surface area contributed by atoms with Crippen molar-refractivity contribution in [2.75, 3.05) is 68.2 Å². The highest BCUT2D eigenvalue weighted by atomic mass is 33.1. The molecule has 0 aliphatic heterocycles. The third kappa shape index (κ3) is 13.1. The minimum absolute atomic E-state index is 0.0813. The van der Waals surface area contributed by atoms with Gasteiger partial charge in [-0.1, -0.05) is 77.1 Å². The van der Waals surface area contributed by atoms with Crippen LogP contribution in [0.15, 0.2) is 95.8 Å². The van der Waals surface area contributed by atoms with Crippen LogP contribution in [0.25, 0.3) is 18.2 Å². The summed E-state index contributed by atoms with van der Waals surface area (Å²) < 4.78 is 1.97. The van der Waals surface area contributed by atoms with Crippen LogP contribution in [0.5, 0.6) is 0 Å². The lowest BCUT2D eigenvalue weighted by Crippen LogP contribution is -2.34. The Hall–Kier alpha value is -3.30. The van der Waals surface area contributed by atoms with Crippen molar-refractivity contribution in [2.24, 2.45) is 4.99 Å². The molecule has 0 aliphatic rings. The van der Waals surface area contributed by atoms with Gasteiger partial charge in [0.1, 0.15) is 6.61 Å². The Morgan fingerprint density at radius 3 is 1.77 bits per heavy atom. The van der Waals surface area contributed by atoms with Gasteiger partial charge < -0.3 is 20.0 Å². The van der Waals surface area contributed by atoms with Crippen molar-refractivity contribution in [2.45, 2.75) is 19.9 Å². The molecule has 0 radical (unpaired) electrons. The molecule has 44 heavy (non-hydrogen) atoms. The summed E-state index contributed by atoms with van der Waals surface area (Å²) in [5.74, 6) is 2.14. The Labute approximate surface area is 271 Å². The van der Waals surface area contributed by atoms with E-state index in [1.54, 1.807) is 6.21 Å². The quantitative estimate of drug-likeness (QED) is 0.0518. The van der Waals surface area contributed by atoms with Crippen LogP contribution in [-0.2, 0) is 6.54 Å². The van der Waals surface area contributed by atoms with E-state index in [9.17, 15) is 0 Å². The van der Waals surface area contributed by atoms with E-state index in [2.05, 4.69) is 121 Å². The average Bonchev–Trinajstić information content (AvgIpc) is 3.06.